The van der Waals surface area contributed by atoms with Crippen LogP contribution in [0.25, 0.3) is 0 Å². The van der Waals surface area contributed by atoms with Crippen LogP contribution in [0.2, 0.25) is 0 Å². The Kier molecular flexibility index (Phi) is 6.77. The van der Waals surface area contributed by atoms with Gasteiger partial charge in [0.15, 0.2) is 0 Å². The highest BCUT2D eigenvalue weighted by molar-refractivity contribution is 6.02. The summed E-state index contributed by atoms with van der Waals surface area (Å²) in [7, 11) is 0. The van der Waals surface area contributed by atoms with E-state index in [0.717, 1.165) is 19.3 Å². The second-order valence-corrected chi connectivity index (χ2v) is 11.6. The lowest BCUT2D eigenvalue weighted by atomic mass is 9.73. The maximum Gasteiger partial charge on any atom is 0.246 e. The van der Waals surface area contributed by atoms with Crippen molar-refractivity contribution < 1.29 is 19.1 Å². The van der Waals surface area contributed by atoms with Gasteiger partial charge in [-0.15, -0.1) is 6.58 Å². The number of carbonyl (C=O) groups excluding carboxylic acids is 3. The maximum atomic E-state index is 13.8. The van der Waals surface area contributed by atoms with Gasteiger partial charge in [0, 0.05) is 18.3 Å². The summed E-state index contributed by atoms with van der Waals surface area (Å²) in [6, 6.07) is 6.99. The molecule has 3 amide bonds. The number of amides is 3. The molecule has 0 radical (unpaired) electrons. The van der Waals surface area contributed by atoms with Gasteiger partial charge < -0.3 is 20.3 Å². The normalized spacial score (nSPS) is 36.1. The van der Waals surface area contributed by atoms with Crippen LogP contribution in [0.1, 0.15) is 58.4 Å². The third kappa shape index (κ3) is 4.21. The fourth-order valence-corrected chi connectivity index (χ4v) is 6.83. The van der Waals surface area contributed by atoms with Gasteiger partial charge in [-0.1, -0.05) is 70.9 Å². The zero-order valence-corrected chi connectivity index (χ0v) is 22.3. The highest BCUT2D eigenvalue weighted by Crippen LogP contribution is 2.55. The van der Waals surface area contributed by atoms with Gasteiger partial charge in [-0.3, -0.25) is 14.4 Å². The number of rotatable bonds is 7. The summed E-state index contributed by atoms with van der Waals surface area (Å²) >= 11 is 0. The molecule has 1 aromatic rings. The van der Waals surface area contributed by atoms with E-state index >= 15 is 0 Å². The Morgan fingerprint density at radius 3 is 2.59 bits per heavy atom. The number of nitrogens with zero attached hydrogens (tertiary/aromatic N) is 1. The molecule has 5 rings (SSSR count). The number of hydrogen-bond donors (Lipinski definition) is 2. The van der Waals surface area contributed by atoms with Gasteiger partial charge in [0.1, 0.15) is 11.6 Å². The largest absolute Gasteiger partial charge is 0.359 e. The summed E-state index contributed by atoms with van der Waals surface area (Å²) in [5, 5.41) is 6.24. The number of benzene rings is 1. The molecule has 1 aromatic carbocycles. The Labute approximate surface area is 219 Å². The summed E-state index contributed by atoms with van der Waals surface area (Å²) in [6.45, 7) is 12.7. The molecule has 2 saturated heterocycles. The second kappa shape index (κ2) is 9.75. The molecule has 4 aliphatic rings. The zero-order valence-electron chi connectivity index (χ0n) is 22.3. The predicted octanol–water partition coefficient (Wildman–Crippen LogP) is 4.03. The van der Waals surface area contributed by atoms with E-state index in [4.69, 9.17) is 4.74 Å². The van der Waals surface area contributed by atoms with Gasteiger partial charge in [0.05, 0.1) is 17.9 Å². The van der Waals surface area contributed by atoms with Crippen molar-refractivity contribution in [1.82, 2.24) is 10.2 Å². The first-order chi connectivity index (χ1) is 17.7. The molecule has 7 heteroatoms. The molecule has 1 spiro atoms. The lowest BCUT2D eigenvalue weighted by molar-refractivity contribution is -0.141. The lowest BCUT2D eigenvalue weighted by Gasteiger charge is -2.37. The van der Waals surface area contributed by atoms with Crippen molar-refractivity contribution in [1.29, 1.82) is 0 Å². The molecule has 2 bridgehead atoms. The van der Waals surface area contributed by atoms with E-state index < -0.39 is 29.6 Å². The van der Waals surface area contributed by atoms with Crippen LogP contribution in [0.4, 0.5) is 5.69 Å². The number of likely N-dealkylation sites (tertiary alicyclic amines) is 1. The van der Waals surface area contributed by atoms with Gasteiger partial charge in [0.25, 0.3) is 0 Å². The zero-order chi connectivity index (χ0) is 26.5. The smallest absolute Gasteiger partial charge is 0.246 e. The minimum Gasteiger partial charge on any atom is -0.359 e. The summed E-state index contributed by atoms with van der Waals surface area (Å²) in [5.41, 5.74) is 0.713. The molecule has 7 nitrogen and oxygen atoms in total. The molecule has 3 fully saturated rings. The molecular formula is C30H39N3O4. The van der Waals surface area contributed by atoms with E-state index in [1.165, 1.54) is 5.56 Å². The van der Waals surface area contributed by atoms with Crippen LogP contribution in [0.3, 0.4) is 0 Å². The fourth-order valence-electron chi connectivity index (χ4n) is 6.83. The second-order valence-electron chi connectivity index (χ2n) is 11.6. The number of hydrogen-bond acceptors (Lipinski definition) is 4. The standard InChI is InChI=1S/C30H39N3O4/c1-6-16-33-26(28(35)32-22-9-7-8-18(4)19(22)5)30-15-14-23(37-30)24(25(30)29(33)36)27(34)31-21-12-10-20(11-13-21)17(2)3/h6,10-15,17-19,22-26H,1,7-9,16H2,2-5H3,(H,31,34)(H,32,35). The molecule has 8 unspecified atom stereocenters. The Hall–Kier alpha value is -2.93. The first kappa shape index (κ1) is 25.7. The van der Waals surface area contributed by atoms with E-state index in [2.05, 4.69) is 44.9 Å². The van der Waals surface area contributed by atoms with Crippen LogP contribution in [0.15, 0.2) is 49.1 Å². The van der Waals surface area contributed by atoms with Crippen molar-refractivity contribution in [2.24, 2.45) is 23.7 Å². The molecular weight excluding hydrogens is 466 g/mol. The molecule has 2 N–H and O–H groups in total. The predicted molar refractivity (Wildman–Crippen MR) is 143 cm³/mol. The van der Waals surface area contributed by atoms with E-state index in [0.29, 0.717) is 23.4 Å². The first-order valence-electron chi connectivity index (χ1n) is 13.7. The van der Waals surface area contributed by atoms with Crippen molar-refractivity contribution in [3.8, 4) is 0 Å². The lowest BCUT2D eigenvalue weighted by Crippen LogP contribution is -2.57. The topological polar surface area (TPSA) is 87.7 Å². The molecule has 198 valence electrons. The van der Waals surface area contributed by atoms with E-state index in [1.807, 2.05) is 36.4 Å². The third-order valence-corrected chi connectivity index (χ3v) is 9.13. The van der Waals surface area contributed by atoms with E-state index in [-0.39, 0.29) is 30.3 Å². The van der Waals surface area contributed by atoms with Gasteiger partial charge in [-0.05, 0) is 41.9 Å². The molecule has 3 heterocycles. The highest BCUT2D eigenvalue weighted by atomic mass is 16.5. The monoisotopic (exact) mass is 505 g/mol. The summed E-state index contributed by atoms with van der Waals surface area (Å²) < 4.78 is 6.39. The van der Waals surface area contributed by atoms with Gasteiger partial charge in [-0.2, -0.15) is 0 Å². The van der Waals surface area contributed by atoms with Crippen LogP contribution < -0.4 is 10.6 Å². The molecule has 3 aliphatic heterocycles. The van der Waals surface area contributed by atoms with Crippen molar-refractivity contribution in [3.05, 3.63) is 54.6 Å². The summed E-state index contributed by atoms with van der Waals surface area (Å²) in [6.07, 6.45) is 7.94. The quantitative estimate of drug-likeness (QED) is 0.548. The van der Waals surface area contributed by atoms with Crippen molar-refractivity contribution >= 4 is 23.4 Å². The van der Waals surface area contributed by atoms with Crippen LogP contribution in [0, 0.1) is 23.7 Å². The van der Waals surface area contributed by atoms with Crippen LogP contribution in [0.5, 0.6) is 0 Å². The number of carbonyl (C=O) groups is 3. The number of anilines is 1. The fraction of sp³-hybridized carbons (Fsp3) is 0.567. The first-order valence-corrected chi connectivity index (χ1v) is 13.7. The van der Waals surface area contributed by atoms with Crippen LogP contribution in [-0.2, 0) is 19.1 Å². The summed E-state index contributed by atoms with van der Waals surface area (Å²) in [5.74, 6) is -0.887. The number of nitrogens with one attached hydrogen (secondary N) is 2. The van der Waals surface area contributed by atoms with E-state index in [9.17, 15) is 14.4 Å². The van der Waals surface area contributed by atoms with Gasteiger partial charge in [0.2, 0.25) is 17.7 Å². The Bertz CT molecular complexity index is 1110. The molecule has 0 aromatic heterocycles. The van der Waals surface area contributed by atoms with Crippen LogP contribution >= 0.6 is 0 Å². The molecule has 8 atom stereocenters. The van der Waals surface area contributed by atoms with Gasteiger partial charge >= 0.3 is 0 Å². The third-order valence-electron chi connectivity index (χ3n) is 9.13. The Morgan fingerprint density at radius 2 is 1.92 bits per heavy atom. The Morgan fingerprint density at radius 1 is 1.19 bits per heavy atom. The maximum absolute atomic E-state index is 13.8. The van der Waals surface area contributed by atoms with Gasteiger partial charge in [-0.25, -0.2) is 0 Å². The van der Waals surface area contributed by atoms with Crippen molar-refractivity contribution in [3.63, 3.8) is 0 Å². The minimum absolute atomic E-state index is 0.0582. The van der Waals surface area contributed by atoms with Crippen molar-refractivity contribution in [2.75, 3.05) is 11.9 Å². The summed E-state index contributed by atoms with van der Waals surface area (Å²) in [4.78, 5) is 42.7. The highest BCUT2D eigenvalue weighted by Gasteiger charge is 2.72. The average molecular weight is 506 g/mol. The number of ether oxygens (including phenoxy) is 1. The number of fused-ring (bicyclic) bond motifs is 1. The van der Waals surface area contributed by atoms with E-state index in [1.54, 1.807) is 11.0 Å². The SMILES string of the molecule is C=CCN1C(=O)C2C(C(=O)Nc3ccc(C(C)C)cc3)C3C=CC2(O3)C1C(=O)NC1CCCC(C)C1C. The van der Waals surface area contributed by atoms with Crippen LogP contribution in [-0.4, -0.2) is 53.0 Å². The molecule has 37 heavy (non-hydrogen) atoms. The minimum atomic E-state index is -1.15. The van der Waals surface area contributed by atoms with Crippen molar-refractivity contribution in [2.45, 2.75) is 76.7 Å². The Balaban J connectivity index is 1.40. The average Bonchev–Trinajstić information content (AvgIpc) is 3.50. The molecule has 1 saturated carbocycles. The molecule has 1 aliphatic carbocycles.